The smallest absolute Gasteiger partial charge is 0.236 e. The molecule has 0 aromatic rings. The fraction of sp³-hybridized carbons (Fsp3) is 0.818. The van der Waals surface area contributed by atoms with Crippen molar-refractivity contribution in [1.29, 1.82) is 0 Å². The van der Waals surface area contributed by atoms with Crippen LogP contribution < -0.4 is 10.6 Å². The number of nitrogens with one attached hydrogen (secondary N) is 2. The van der Waals surface area contributed by atoms with Gasteiger partial charge in [0, 0.05) is 32.1 Å². The first-order chi connectivity index (χ1) is 7.66. The molecule has 0 aromatic heterocycles. The summed E-state index contributed by atoms with van der Waals surface area (Å²) < 4.78 is 0. The van der Waals surface area contributed by atoms with E-state index in [-0.39, 0.29) is 17.9 Å². The molecule has 5 nitrogen and oxygen atoms in total. The van der Waals surface area contributed by atoms with Crippen molar-refractivity contribution in [2.45, 2.75) is 37.8 Å². The highest BCUT2D eigenvalue weighted by atomic mass is 16.2. The highest BCUT2D eigenvalue weighted by Gasteiger charge is 2.29. The zero-order valence-electron chi connectivity index (χ0n) is 9.66. The lowest BCUT2D eigenvalue weighted by atomic mass is 10.2. The van der Waals surface area contributed by atoms with Crippen LogP contribution in [0.25, 0.3) is 0 Å². The van der Waals surface area contributed by atoms with Crippen molar-refractivity contribution in [2.24, 2.45) is 0 Å². The minimum atomic E-state index is 0.119. The summed E-state index contributed by atoms with van der Waals surface area (Å²) in [6.07, 6.45) is 3.77. The summed E-state index contributed by atoms with van der Waals surface area (Å²) in [5, 5.41) is 5.97. The van der Waals surface area contributed by atoms with Crippen LogP contribution in [0, 0.1) is 0 Å². The molecule has 2 aliphatic rings. The van der Waals surface area contributed by atoms with Crippen LogP contribution in [0.3, 0.4) is 0 Å². The number of carbonyl (C=O) groups excluding carboxylic acids is 2. The van der Waals surface area contributed by atoms with Crippen LogP contribution in [0.4, 0.5) is 0 Å². The standard InChI is InChI=1S/C11H19N3O2/c1-14(9-3-4-9)11(16)7-12-6-8-2-5-10(15)13-8/h8-9,12H,2-7H2,1H3,(H,13,15). The molecule has 1 heterocycles. The minimum Gasteiger partial charge on any atom is -0.352 e. The summed E-state index contributed by atoms with van der Waals surface area (Å²) in [5.74, 6) is 0.264. The van der Waals surface area contributed by atoms with Crippen molar-refractivity contribution in [2.75, 3.05) is 20.1 Å². The third-order valence-electron chi connectivity index (χ3n) is 3.24. The summed E-state index contributed by atoms with van der Waals surface area (Å²) in [5.41, 5.74) is 0. The average molecular weight is 225 g/mol. The lowest BCUT2D eigenvalue weighted by Crippen LogP contribution is -2.41. The van der Waals surface area contributed by atoms with Gasteiger partial charge in [-0.15, -0.1) is 0 Å². The highest BCUT2D eigenvalue weighted by molar-refractivity contribution is 5.79. The molecule has 1 saturated carbocycles. The van der Waals surface area contributed by atoms with Gasteiger partial charge in [-0.2, -0.15) is 0 Å². The molecule has 0 radical (unpaired) electrons. The van der Waals surface area contributed by atoms with Crippen LogP contribution in [0.2, 0.25) is 0 Å². The SMILES string of the molecule is CN(C(=O)CNCC1CCC(=O)N1)C1CC1. The van der Waals surface area contributed by atoms with Crippen molar-refractivity contribution in [3.8, 4) is 0 Å². The van der Waals surface area contributed by atoms with Crippen molar-refractivity contribution >= 4 is 11.8 Å². The van der Waals surface area contributed by atoms with Crippen LogP contribution in [0.1, 0.15) is 25.7 Å². The van der Waals surface area contributed by atoms with Gasteiger partial charge in [0.1, 0.15) is 0 Å². The second-order valence-electron chi connectivity index (χ2n) is 4.67. The molecular formula is C11H19N3O2. The van der Waals surface area contributed by atoms with Gasteiger partial charge in [0.05, 0.1) is 6.54 Å². The molecule has 1 aliphatic heterocycles. The van der Waals surface area contributed by atoms with Gasteiger partial charge in [0.15, 0.2) is 0 Å². The number of hydrogen-bond acceptors (Lipinski definition) is 3. The van der Waals surface area contributed by atoms with Crippen molar-refractivity contribution < 1.29 is 9.59 Å². The van der Waals surface area contributed by atoms with E-state index in [9.17, 15) is 9.59 Å². The fourth-order valence-corrected chi connectivity index (χ4v) is 1.97. The second kappa shape index (κ2) is 4.82. The topological polar surface area (TPSA) is 61.4 Å². The Morgan fingerprint density at radius 3 is 2.81 bits per heavy atom. The van der Waals surface area contributed by atoms with Crippen LogP contribution in [0.5, 0.6) is 0 Å². The van der Waals surface area contributed by atoms with Crippen molar-refractivity contribution in [1.82, 2.24) is 15.5 Å². The van der Waals surface area contributed by atoms with Gasteiger partial charge >= 0.3 is 0 Å². The van der Waals surface area contributed by atoms with E-state index >= 15 is 0 Å². The quantitative estimate of drug-likeness (QED) is 0.661. The van der Waals surface area contributed by atoms with E-state index in [1.54, 1.807) is 0 Å². The molecule has 0 bridgehead atoms. The number of amides is 2. The van der Waals surface area contributed by atoms with E-state index in [0.717, 1.165) is 19.3 Å². The van der Waals surface area contributed by atoms with Crippen molar-refractivity contribution in [3.05, 3.63) is 0 Å². The van der Waals surface area contributed by atoms with Crippen molar-refractivity contribution in [3.63, 3.8) is 0 Å². The molecule has 0 spiro atoms. The predicted molar refractivity (Wildman–Crippen MR) is 59.8 cm³/mol. The first-order valence-corrected chi connectivity index (χ1v) is 5.92. The highest BCUT2D eigenvalue weighted by Crippen LogP contribution is 2.25. The Kier molecular flexibility index (Phi) is 3.43. The maximum Gasteiger partial charge on any atom is 0.236 e. The van der Waals surface area contributed by atoms with E-state index in [1.807, 2.05) is 11.9 Å². The van der Waals surface area contributed by atoms with Gasteiger partial charge in [0.2, 0.25) is 11.8 Å². The van der Waals surface area contributed by atoms with Gasteiger partial charge in [-0.3, -0.25) is 9.59 Å². The Labute approximate surface area is 95.6 Å². The molecule has 90 valence electrons. The monoisotopic (exact) mass is 225 g/mol. The number of carbonyl (C=O) groups is 2. The predicted octanol–water partition coefficient (Wildman–Crippen LogP) is -0.525. The van der Waals surface area contributed by atoms with Crippen LogP contribution in [-0.2, 0) is 9.59 Å². The third-order valence-corrected chi connectivity index (χ3v) is 3.24. The zero-order chi connectivity index (χ0) is 11.5. The molecule has 2 fully saturated rings. The molecule has 1 atom stereocenters. The average Bonchev–Trinajstić information content (AvgIpc) is 3.02. The summed E-state index contributed by atoms with van der Waals surface area (Å²) in [7, 11) is 1.86. The van der Waals surface area contributed by atoms with E-state index < -0.39 is 0 Å². The van der Waals surface area contributed by atoms with Gasteiger partial charge < -0.3 is 15.5 Å². The Morgan fingerprint density at radius 1 is 1.50 bits per heavy atom. The maximum atomic E-state index is 11.6. The molecule has 1 aliphatic carbocycles. The van der Waals surface area contributed by atoms with Crippen LogP contribution >= 0.6 is 0 Å². The van der Waals surface area contributed by atoms with E-state index in [4.69, 9.17) is 0 Å². The Balaban J connectivity index is 1.60. The summed E-state index contributed by atoms with van der Waals surface area (Å²) >= 11 is 0. The van der Waals surface area contributed by atoms with E-state index in [1.165, 1.54) is 0 Å². The molecule has 1 unspecified atom stereocenters. The lowest BCUT2D eigenvalue weighted by Gasteiger charge is -2.17. The Morgan fingerprint density at radius 2 is 2.25 bits per heavy atom. The molecule has 2 rings (SSSR count). The van der Waals surface area contributed by atoms with Gasteiger partial charge in [-0.1, -0.05) is 0 Å². The second-order valence-corrected chi connectivity index (χ2v) is 4.67. The summed E-state index contributed by atoms with van der Waals surface area (Å²) in [4.78, 5) is 24.4. The summed E-state index contributed by atoms with van der Waals surface area (Å²) in [6, 6.07) is 0.673. The largest absolute Gasteiger partial charge is 0.352 e. The molecule has 2 amide bonds. The molecule has 2 N–H and O–H groups in total. The van der Waals surface area contributed by atoms with Gasteiger partial charge in [-0.25, -0.2) is 0 Å². The molecular weight excluding hydrogens is 206 g/mol. The maximum absolute atomic E-state index is 11.6. The first kappa shape index (κ1) is 11.4. The number of likely N-dealkylation sites (N-methyl/N-ethyl adjacent to an activating group) is 1. The number of hydrogen-bond donors (Lipinski definition) is 2. The number of rotatable bonds is 5. The Bertz CT molecular complexity index is 289. The molecule has 5 heteroatoms. The van der Waals surface area contributed by atoms with Crippen LogP contribution in [0.15, 0.2) is 0 Å². The van der Waals surface area contributed by atoms with Crippen LogP contribution in [-0.4, -0.2) is 48.9 Å². The zero-order valence-corrected chi connectivity index (χ0v) is 9.66. The fourth-order valence-electron chi connectivity index (χ4n) is 1.97. The van der Waals surface area contributed by atoms with E-state index in [0.29, 0.717) is 25.6 Å². The normalized spacial score (nSPS) is 24.3. The molecule has 1 saturated heterocycles. The van der Waals surface area contributed by atoms with E-state index in [2.05, 4.69) is 10.6 Å². The summed E-state index contributed by atoms with van der Waals surface area (Å²) in [6.45, 7) is 1.06. The van der Waals surface area contributed by atoms with Gasteiger partial charge in [-0.05, 0) is 19.3 Å². The number of nitrogens with zero attached hydrogens (tertiary/aromatic N) is 1. The third kappa shape index (κ3) is 2.95. The van der Waals surface area contributed by atoms with Gasteiger partial charge in [0.25, 0.3) is 0 Å². The molecule has 0 aromatic carbocycles. The minimum absolute atomic E-state index is 0.119. The lowest BCUT2D eigenvalue weighted by molar-refractivity contribution is -0.129. The first-order valence-electron chi connectivity index (χ1n) is 5.92. The molecule has 16 heavy (non-hydrogen) atoms. The Hall–Kier alpha value is -1.10.